The number of hydrogen-bond donors (Lipinski definition) is 2. The number of hydrogen-bond acceptors (Lipinski definition) is 4. The van der Waals surface area contributed by atoms with Crippen molar-refractivity contribution < 1.29 is 9.90 Å². The minimum atomic E-state index is -1.01. The molecule has 6 nitrogen and oxygen atoms in total. The molecule has 0 aliphatic rings. The monoisotopic (exact) mass is 226 g/mol. The van der Waals surface area contributed by atoms with Crippen LogP contribution in [0.3, 0.4) is 0 Å². The van der Waals surface area contributed by atoms with Crippen molar-refractivity contribution in [1.82, 2.24) is 5.32 Å². The summed E-state index contributed by atoms with van der Waals surface area (Å²) in [5, 5.41) is 16.7. The number of carboxylic acid groups (broad SMARTS) is 1. The molecule has 0 radical (unpaired) electrons. The second kappa shape index (κ2) is 6.02. The van der Waals surface area contributed by atoms with Crippen LogP contribution in [0.4, 0.5) is 0 Å². The first-order valence-electron chi connectivity index (χ1n) is 4.23. The van der Waals surface area contributed by atoms with Crippen molar-refractivity contribution in [2.45, 2.75) is 12.6 Å². The summed E-state index contributed by atoms with van der Waals surface area (Å²) in [6.07, 6.45) is 0. The Morgan fingerprint density at radius 2 is 2.60 bits per heavy atom. The van der Waals surface area contributed by atoms with E-state index < -0.39 is 12.0 Å². The second-order valence-electron chi connectivity index (χ2n) is 2.76. The highest BCUT2D eigenvalue weighted by Gasteiger charge is 2.15. The lowest BCUT2D eigenvalue weighted by atomic mass is 10.3. The molecule has 0 aliphatic carbocycles. The van der Waals surface area contributed by atoms with E-state index in [4.69, 9.17) is 10.6 Å². The average Bonchev–Trinajstić information content (AvgIpc) is 2.70. The molecule has 0 saturated carbocycles. The van der Waals surface area contributed by atoms with Crippen LogP contribution in [-0.2, 0) is 11.3 Å². The van der Waals surface area contributed by atoms with Crippen molar-refractivity contribution in [1.29, 1.82) is 0 Å². The van der Waals surface area contributed by atoms with Gasteiger partial charge in [-0.15, -0.1) is 11.3 Å². The first-order chi connectivity index (χ1) is 7.24. The first-order valence-corrected chi connectivity index (χ1v) is 5.11. The zero-order valence-corrected chi connectivity index (χ0v) is 8.65. The number of nitrogens with zero attached hydrogens (tertiary/aromatic N) is 3. The van der Waals surface area contributed by atoms with E-state index in [9.17, 15) is 4.79 Å². The molecular formula is C8H10N4O2S. The van der Waals surface area contributed by atoms with E-state index in [0.29, 0.717) is 6.54 Å². The number of azide groups is 1. The maximum atomic E-state index is 10.7. The molecule has 15 heavy (non-hydrogen) atoms. The predicted octanol–water partition coefficient (Wildman–Crippen LogP) is 1.60. The van der Waals surface area contributed by atoms with E-state index in [1.807, 2.05) is 17.5 Å². The van der Waals surface area contributed by atoms with E-state index in [-0.39, 0.29) is 6.54 Å². The van der Waals surface area contributed by atoms with Crippen LogP contribution in [0.2, 0.25) is 0 Å². The third kappa shape index (κ3) is 3.99. The van der Waals surface area contributed by atoms with E-state index >= 15 is 0 Å². The van der Waals surface area contributed by atoms with Gasteiger partial charge < -0.3 is 5.11 Å². The molecule has 2 N–H and O–H groups in total. The van der Waals surface area contributed by atoms with Gasteiger partial charge in [-0.3, -0.25) is 10.1 Å². The van der Waals surface area contributed by atoms with E-state index in [1.54, 1.807) is 11.3 Å². The number of aliphatic carboxylic acids is 1. The van der Waals surface area contributed by atoms with Crippen LogP contribution in [0.5, 0.6) is 0 Å². The van der Waals surface area contributed by atoms with Gasteiger partial charge >= 0.3 is 5.97 Å². The van der Waals surface area contributed by atoms with Crippen LogP contribution in [-0.4, -0.2) is 23.7 Å². The third-order valence-corrected chi connectivity index (χ3v) is 2.60. The summed E-state index contributed by atoms with van der Waals surface area (Å²) >= 11 is 1.54. The van der Waals surface area contributed by atoms with Gasteiger partial charge in [0.25, 0.3) is 0 Å². The lowest BCUT2D eigenvalue weighted by molar-refractivity contribution is -0.139. The first kappa shape index (κ1) is 11.5. The zero-order chi connectivity index (χ0) is 11.1. The van der Waals surface area contributed by atoms with Crippen LogP contribution < -0.4 is 5.32 Å². The highest BCUT2D eigenvalue weighted by atomic mass is 32.1. The molecule has 80 valence electrons. The van der Waals surface area contributed by atoms with Crippen molar-refractivity contribution in [3.63, 3.8) is 0 Å². The van der Waals surface area contributed by atoms with E-state index in [1.165, 1.54) is 0 Å². The van der Waals surface area contributed by atoms with Crippen LogP contribution >= 0.6 is 11.3 Å². The Labute approximate surface area is 90.2 Å². The van der Waals surface area contributed by atoms with Crippen molar-refractivity contribution in [3.05, 3.63) is 32.8 Å². The van der Waals surface area contributed by atoms with Gasteiger partial charge in [0.1, 0.15) is 6.04 Å². The number of nitrogens with one attached hydrogen (secondary N) is 1. The predicted molar refractivity (Wildman–Crippen MR) is 56.6 cm³/mol. The highest BCUT2D eigenvalue weighted by molar-refractivity contribution is 7.09. The molecule has 0 fully saturated rings. The Balaban J connectivity index is 2.44. The molecule has 0 bridgehead atoms. The van der Waals surface area contributed by atoms with Gasteiger partial charge in [-0.1, -0.05) is 11.2 Å². The minimum absolute atomic E-state index is 0.0861. The van der Waals surface area contributed by atoms with Gasteiger partial charge in [-0.2, -0.15) is 0 Å². The quantitative estimate of drug-likeness (QED) is 0.438. The summed E-state index contributed by atoms with van der Waals surface area (Å²) in [6, 6.07) is 2.97. The van der Waals surface area contributed by atoms with Crippen molar-refractivity contribution in [3.8, 4) is 0 Å². The summed E-state index contributed by atoms with van der Waals surface area (Å²) in [5.41, 5.74) is 8.09. The fourth-order valence-electron chi connectivity index (χ4n) is 0.985. The molecule has 1 unspecified atom stereocenters. The van der Waals surface area contributed by atoms with Gasteiger partial charge in [-0.05, 0) is 17.0 Å². The van der Waals surface area contributed by atoms with E-state index in [2.05, 4.69) is 15.3 Å². The summed E-state index contributed by atoms with van der Waals surface area (Å²) in [6.45, 7) is 0.382. The topological polar surface area (TPSA) is 98.1 Å². The van der Waals surface area contributed by atoms with Gasteiger partial charge in [-0.25, -0.2) is 0 Å². The van der Waals surface area contributed by atoms with Crippen LogP contribution in [0.15, 0.2) is 22.6 Å². The summed E-state index contributed by atoms with van der Waals surface area (Å²) in [7, 11) is 0. The van der Waals surface area contributed by atoms with Gasteiger partial charge in [0.15, 0.2) is 0 Å². The molecule has 1 aromatic heterocycles. The molecule has 0 saturated heterocycles. The van der Waals surface area contributed by atoms with Crippen LogP contribution in [0, 0.1) is 0 Å². The maximum Gasteiger partial charge on any atom is 0.320 e. The molecule has 0 aromatic carbocycles. The molecular weight excluding hydrogens is 216 g/mol. The largest absolute Gasteiger partial charge is 0.480 e. The smallest absolute Gasteiger partial charge is 0.320 e. The lowest BCUT2D eigenvalue weighted by Crippen LogP contribution is -2.38. The molecule has 1 aromatic rings. The zero-order valence-electron chi connectivity index (χ0n) is 7.83. The molecule has 0 amide bonds. The third-order valence-electron chi connectivity index (χ3n) is 1.73. The van der Waals surface area contributed by atoms with Gasteiger partial charge in [0.05, 0.1) is 6.54 Å². The summed E-state index contributed by atoms with van der Waals surface area (Å²) in [5.74, 6) is -1.01. The van der Waals surface area contributed by atoms with Crippen LogP contribution in [0.1, 0.15) is 4.88 Å². The number of carboxylic acids is 1. The Hall–Kier alpha value is -1.56. The Morgan fingerprint density at radius 3 is 3.13 bits per heavy atom. The number of thiophene rings is 1. The van der Waals surface area contributed by atoms with Gasteiger partial charge in [0.2, 0.25) is 0 Å². The normalized spacial score (nSPS) is 11.7. The minimum Gasteiger partial charge on any atom is -0.480 e. The molecule has 1 rings (SSSR count). The van der Waals surface area contributed by atoms with Gasteiger partial charge in [0, 0.05) is 16.3 Å². The average molecular weight is 226 g/mol. The molecule has 1 heterocycles. The molecule has 1 atom stereocenters. The SMILES string of the molecule is [N-]=[N+]=NCC(NCc1cccs1)C(=O)O. The van der Waals surface area contributed by atoms with Crippen molar-refractivity contribution in [2.24, 2.45) is 5.11 Å². The number of rotatable bonds is 6. The summed E-state index contributed by atoms with van der Waals surface area (Å²) in [4.78, 5) is 14.3. The fourth-order valence-corrected chi connectivity index (χ4v) is 1.64. The second-order valence-corrected chi connectivity index (χ2v) is 3.80. The maximum absolute atomic E-state index is 10.7. The van der Waals surface area contributed by atoms with Crippen LogP contribution in [0.25, 0.3) is 10.4 Å². The molecule has 0 aliphatic heterocycles. The van der Waals surface area contributed by atoms with Crippen molar-refractivity contribution >= 4 is 17.3 Å². The lowest BCUT2D eigenvalue weighted by Gasteiger charge is -2.10. The molecule has 7 heteroatoms. The summed E-state index contributed by atoms with van der Waals surface area (Å²) < 4.78 is 0. The highest BCUT2D eigenvalue weighted by Crippen LogP contribution is 2.07. The Kier molecular flexibility index (Phi) is 4.62. The number of carbonyl (C=O) groups is 1. The standard InChI is InChI=1S/C8H10N4O2S/c9-12-11-5-7(8(13)14)10-4-6-2-1-3-15-6/h1-3,7,10H,4-5H2,(H,13,14). The van der Waals surface area contributed by atoms with E-state index in [0.717, 1.165) is 4.88 Å². The fraction of sp³-hybridized carbons (Fsp3) is 0.375. The molecule has 0 spiro atoms. The Bertz CT molecular complexity index is 359. The Morgan fingerprint density at radius 1 is 1.80 bits per heavy atom. The van der Waals surface area contributed by atoms with Crippen molar-refractivity contribution in [2.75, 3.05) is 6.54 Å².